The first-order valence-electron chi connectivity index (χ1n) is 38.1. The van der Waals surface area contributed by atoms with E-state index in [1.807, 2.05) is 138 Å². The van der Waals surface area contributed by atoms with Crippen LogP contribution < -0.4 is 9.47 Å². The molecule has 0 aromatic heterocycles. The minimum absolute atomic E-state index is 0.00580. The van der Waals surface area contributed by atoms with Crippen LogP contribution in [0.3, 0.4) is 0 Å². The molecule has 606 valence electrons. The van der Waals surface area contributed by atoms with Gasteiger partial charge in [0.25, 0.3) is 0 Å². The van der Waals surface area contributed by atoms with Crippen molar-refractivity contribution in [3.63, 3.8) is 0 Å². The van der Waals surface area contributed by atoms with Crippen molar-refractivity contribution in [3.05, 3.63) is 167 Å². The number of carbonyl (C=O) groups excluding carboxylic acids is 2. The molecule has 0 unspecified atom stereocenters. The zero-order chi connectivity index (χ0) is 79.3. The van der Waals surface area contributed by atoms with Crippen LogP contribution in [-0.2, 0) is 80.5 Å². The molecular weight excluding hydrogens is 1410 g/mol. The second-order valence-electron chi connectivity index (χ2n) is 30.0. The number of rotatable bonds is 52. The number of hydrogen-bond donors (Lipinski definition) is 0. The highest BCUT2D eigenvalue weighted by Gasteiger charge is 2.40. The third-order valence-electron chi connectivity index (χ3n) is 18.0. The van der Waals surface area contributed by atoms with Crippen molar-refractivity contribution in [3.8, 4) is 11.5 Å². The minimum atomic E-state index is -2.12. The van der Waals surface area contributed by atoms with Crippen LogP contribution in [0.5, 0.6) is 11.5 Å². The lowest BCUT2D eigenvalue weighted by Crippen LogP contribution is -2.45. The van der Waals surface area contributed by atoms with Crippen LogP contribution in [0, 0.1) is 0 Å². The quantitative estimate of drug-likeness (QED) is 0.0115. The van der Waals surface area contributed by atoms with Crippen LogP contribution in [0.2, 0.25) is 43.8 Å². The van der Waals surface area contributed by atoms with Crippen molar-refractivity contribution >= 4 is 40.5 Å². The van der Waals surface area contributed by atoms with Gasteiger partial charge in [-0.3, -0.25) is 0 Å². The van der Waals surface area contributed by atoms with Crippen molar-refractivity contribution in [1.29, 1.82) is 0 Å². The van der Waals surface area contributed by atoms with E-state index in [9.17, 15) is 9.59 Å². The summed E-state index contributed by atoms with van der Waals surface area (Å²) in [5.74, 6) is -0.297. The molecule has 2 saturated heterocycles. The highest BCUT2D eigenvalue weighted by Crippen LogP contribution is 2.39. The van der Waals surface area contributed by atoms with Crippen LogP contribution in [0.15, 0.2) is 145 Å². The Bertz CT molecular complexity index is 3190. The lowest BCUT2D eigenvalue weighted by molar-refractivity contribution is -0.324. The molecule has 12 atom stereocenters. The van der Waals surface area contributed by atoms with Gasteiger partial charge in [0.2, 0.25) is 0 Å². The second kappa shape index (κ2) is 52.4. The predicted octanol–water partition coefficient (Wildman–Crippen LogP) is 18.5. The molecule has 0 radical (unpaired) electrons. The number of benzene rings is 2. The highest BCUT2D eigenvalue weighted by atomic mass is 28.4. The molecule has 0 saturated carbocycles. The summed E-state index contributed by atoms with van der Waals surface area (Å²) in [7, 11) is 4.30. The number of esters is 2. The molecule has 0 spiro atoms. The van der Waals surface area contributed by atoms with Crippen LogP contribution in [0.1, 0.15) is 165 Å². The molecule has 2 aliphatic rings. The van der Waals surface area contributed by atoms with E-state index in [-0.39, 0.29) is 99.7 Å². The highest BCUT2D eigenvalue weighted by molar-refractivity contribution is 6.76. The Morgan fingerprint density at radius 2 is 0.991 bits per heavy atom. The molecule has 2 aromatic rings. The molecule has 0 N–H and O–H groups in total. The first-order valence-corrected chi connectivity index (χ1v) is 44.7. The molecule has 0 aliphatic carbocycles. The minimum Gasteiger partial charge on any atom is -0.467 e. The normalized spacial score (nSPS) is 20.7. The molecule has 0 bridgehead atoms. The maximum Gasteiger partial charge on any atom is 0.342 e. The maximum absolute atomic E-state index is 14.7. The van der Waals surface area contributed by atoms with E-state index < -0.39 is 46.8 Å². The molecular formula is C85H132O21Si2. The largest absolute Gasteiger partial charge is 0.467 e. The Morgan fingerprint density at radius 1 is 0.546 bits per heavy atom. The molecule has 0 amide bonds. The molecule has 21 nitrogen and oxygen atoms in total. The standard InChI is InChI=1S/C85H132O21Si2/c1-21-99-105-74(57-78(53-66(5)95-59-89-12)106-108(19,20)85(8,9)10)45-35-44-73-56-76(103-68(7)101-73)51-64(3)37-29-25-23-27-31-39-70-41-33-47-80(98-62-92-15)82(70)84(87)104-77(52-65(4)94-58-88-11)54-71(96-60-90-13)42-34-43-72-55-75(102-67(6)100-72)50-63(2)36-28-24-22-26-30-38-69-40-32-46-79(97-61-91-14)81(69)83(86)93-48-49-107(16,17)18/h22-41,43-44,46-47,65-68,71-78H,21,42,45,48-62H2,1-20H3/b26-22+,27-23+,28-24+,29-25+,38-30+,39-31+,43-34+,44-35+,63-36+,64-37+/t65-,66-,67-,68-,71+,72-,73-,74+,75+,76+,77+,78+/m1/s1. The van der Waals surface area contributed by atoms with Gasteiger partial charge in [0.15, 0.2) is 34.5 Å². The van der Waals surface area contributed by atoms with Gasteiger partial charge in [-0.25, -0.2) is 19.4 Å². The molecule has 2 aromatic carbocycles. The van der Waals surface area contributed by atoms with Gasteiger partial charge in [-0.2, -0.15) is 0 Å². The van der Waals surface area contributed by atoms with Gasteiger partial charge in [-0.05, 0) is 128 Å². The summed E-state index contributed by atoms with van der Waals surface area (Å²) in [6.07, 6.45) is 38.2. The van der Waals surface area contributed by atoms with E-state index in [2.05, 4.69) is 97.7 Å². The average molecular weight is 1550 g/mol. The number of allylic oxidation sites excluding steroid dienone is 12. The maximum atomic E-state index is 14.7. The van der Waals surface area contributed by atoms with Gasteiger partial charge >= 0.3 is 11.9 Å². The average Bonchev–Trinajstić information content (AvgIpc) is 0.835. The smallest absolute Gasteiger partial charge is 0.342 e. The molecule has 2 aliphatic heterocycles. The lowest BCUT2D eigenvalue weighted by atomic mass is 10.0. The van der Waals surface area contributed by atoms with Crippen molar-refractivity contribution in [2.45, 2.75) is 251 Å². The molecule has 2 heterocycles. The van der Waals surface area contributed by atoms with E-state index in [1.165, 1.54) is 14.2 Å². The Morgan fingerprint density at radius 3 is 1.46 bits per heavy atom. The fraction of sp³-hybridized carbons (Fsp3) is 0.600. The van der Waals surface area contributed by atoms with Crippen molar-refractivity contribution in [2.24, 2.45) is 0 Å². The zero-order valence-electron chi connectivity index (χ0n) is 68.6. The summed E-state index contributed by atoms with van der Waals surface area (Å²) in [6, 6.07) is 11.7. The fourth-order valence-electron chi connectivity index (χ4n) is 11.7. The van der Waals surface area contributed by atoms with E-state index >= 15 is 0 Å². The third kappa shape index (κ3) is 38.9. The Labute approximate surface area is 649 Å². The molecule has 108 heavy (non-hydrogen) atoms. The Kier molecular flexibility index (Phi) is 45.9. The van der Waals surface area contributed by atoms with E-state index in [0.29, 0.717) is 99.2 Å². The van der Waals surface area contributed by atoms with Crippen molar-refractivity contribution in [2.75, 3.05) is 82.7 Å². The third-order valence-corrected chi connectivity index (χ3v) is 24.3. The van der Waals surface area contributed by atoms with Crippen molar-refractivity contribution < 1.29 is 99.6 Å². The van der Waals surface area contributed by atoms with Crippen LogP contribution in [0.4, 0.5) is 0 Å². The summed E-state index contributed by atoms with van der Waals surface area (Å²) in [4.78, 5) is 39.5. The van der Waals surface area contributed by atoms with Gasteiger partial charge in [0, 0.05) is 75.7 Å². The van der Waals surface area contributed by atoms with Gasteiger partial charge in [-0.15, -0.1) is 0 Å². The summed E-state index contributed by atoms with van der Waals surface area (Å²) in [6.45, 7) is 32.9. The van der Waals surface area contributed by atoms with E-state index in [0.717, 1.165) is 23.6 Å². The number of hydrogen-bond acceptors (Lipinski definition) is 21. The topological polar surface area (TPSA) is 210 Å². The van der Waals surface area contributed by atoms with Crippen LogP contribution >= 0.6 is 0 Å². The predicted molar refractivity (Wildman–Crippen MR) is 431 cm³/mol. The van der Waals surface area contributed by atoms with Gasteiger partial charge in [-0.1, -0.05) is 185 Å². The fourth-order valence-corrected chi connectivity index (χ4v) is 13.8. The second-order valence-corrected chi connectivity index (χ2v) is 40.4. The number of methoxy groups -OCH3 is 5. The van der Waals surface area contributed by atoms with Gasteiger partial charge in [0.1, 0.15) is 49.1 Å². The first kappa shape index (κ1) is 94.6. The van der Waals surface area contributed by atoms with Gasteiger partial charge < -0.3 is 80.2 Å². The Balaban J connectivity index is 1.41. The van der Waals surface area contributed by atoms with Crippen LogP contribution in [-0.4, -0.2) is 185 Å². The SMILES string of the molecule is CCOO[C@@H](C/C=C/[C@@H]1C[C@H](C/C(C)=C/C=C/C=C/C=C/c2cccc(OCOC)c2C(=O)O[C@H](C[C@H](C/C=C/[C@@H]2C[C@H](C/C(C)=C/C=C/C=C/C=C/c3cccc(OCOC)c3C(=O)OCC[Si](C)(C)C)O[C@H](C)O2)OCOC)C[C@@H](C)OCOC)O[C@H](C)O1)C[C@H](C[C@@H](C)OCOC)O[Si](C)(C)C(C)(C)C. The summed E-state index contributed by atoms with van der Waals surface area (Å²) < 4.78 is 100. The van der Waals surface area contributed by atoms with E-state index in [1.54, 1.807) is 33.5 Å². The number of carbonyl (C=O) groups is 2. The summed E-state index contributed by atoms with van der Waals surface area (Å²) in [5.41, 5.74) is 4.18. The monoisotopic (exact) mass is 1540 g/mol. The van der Waals surface area contributed by atoms with E-state index in [4.69, 9.17) is 90.0 Å². The molecule has 23 heteroatoms. The summed E-state index contributed by atoms with van der Waals surface area (Å²) in [5, 5.41) is 0.0358. The molecule has 4 rings (SSSR count). The van der Waals surface area contributed by atoms with Gasteiger partial charge in [0.05, 0.1) is 68.1 Å². The first-order chi connectivity index (χ1) is 51.6. The zero-order valence-corrected chi connectivity index (χ0v) is 70.6. The molecule has 2 fully saturated rings. The lowest BCUT2D eigenvalue weighted by Gasteiger charge is -2.40. The Hall–Kier alpha value is -5.79. The number of ether oxygens (including phenoxy) is 16. The van der Waals surface area contributed by atoms with Crippen molar-refractivity contribution in [1.82, 2.24) is 0 Å². The summed E-state index contributed by atoms with van der Waals surface area (Å²) >= 11 is 0. The van der Waals surface area contributed by atoms with Crippen LogP contribution in [0.25, 0.3) is 12.2 Å².